The Morgan fingerprint density at radius 2 is 1.70 bits per heavy atom. The second-order valence-corrected chi connectivity index (χ2v) is 6.05. The van der Waals surface area contributed by atoms with Crippen LogP contribution in [0.4, 0.5) is 0 Å². The van der Waals surface area contributed by atoms with Crippen molar-refractivity contribution in [2.45, 2.75) is 16.3 Å². The molecule has 0 spiro atoms. The zero-order chi connectivity index (χ0) is 16.3. The first-order valence-corrected chi connectivity index (χ1v) is 8.39. The lowest BCUT2D eigenvalue weighted by Gasteiger charge is -2.11. The van der Waals surface area contributed by atoms with Crippen LogP contribution in [0.2, 0.25) is 0 Å². The fourth-order valence-corrected chi connectivity index (χ4v) is 2.82. The van der Waals surface area contributed by atoms with E-state index in [9.17, 15) is 0 Å². The molecule has 2 rings (SSSR count). The summed E-state index contributed by atoms with van der Waals surface area (Å²) in [7, 11) is 3.45. The quantitative estimate of drug-likeness (QED) is 0.465. The Morgan fingerprint density at radius 1 is 1.00 bits per heavy atom. The molecule has 0 bridgehead atoms. The summed E-state index contributed by atoms with van der Waals surface area (Å²) in [6.45, 7) is 2.14. The number of guanidine groups is 1. The maximum absolute atomic E-state index is 5.01. The van der Waals surface area contributed by atoms with Crippen LogP contribution < -0.4 is 10.6 Å². The van der Waals surface area contributed by atoms with Gasteiger partial charge in [0.05, 0.1) is 6.61 Å². The van der Waals surface area contributed by atoms with Crippen LogP contribution in [0, 0.1) is 0 Å². The summed E-state index contributed by atoms with van der Waals surface area (Å²) < 4.78 is 5.01. The van der Waals surface area contributed by atoms with Crippen LogP contribution in [0.3, 0.4) is 0 Å². The average molecular weight is 329 g/mol. The van der Waals surface area contributed by atoms with Crippen molar-refractivity contribution in [1.82, 2.24) is 10.6 Å². The minimum Gasteiger partial charge on any atom is -0.383 e. The maximum Gasteiger partial charge on any atom is 0.191 e. The number of benzene rings is 2. The predicted molar refractivity (Wildman–Crippen MR) is 97.1 cm³/mol. The molecule has 2 aromatic carbocycles. The molecule has 5 heteroatoms. The Labute approximate surface area is 142 Å². The molecule has 122 valence electrons. The molecule has 0 heterocycles. The molecule has 0 aliphatic carbocycles. The van der Waals surface area contributed by atoms with Gasteiger partial charge < -0.3 is 15.4 Å². The van der Waals surface area contributed by atoms with E-state index in [4.69, 9.17) is 4.74 Å². The molecule has 0 radical (unpaired) electrons. The highest BCUT2D eigenvalue weighted by atomic mass is 32.2. The van der Waals surface area contributed by atoms with Crippen LogP contribution in [0.15, 0.2) is 69.4 Å². The molecule has 4 nitrogen and oxygen atoms in total. The Balaban J connectivity index is 1.82. The standard InChI is InChI=1S/C18H23N3OS/c1-19-18(20-12-13-22-2)21-14-15-8-10-17(11-9-15)23-16-6-4-3-5-7-16/h3-11H,12-14H2,1-2H3,(H2,19,20,21). The van der Waals surface area contributed by atoms with Gasteiger partial charge in [-0.25, -0.2) is 0 Å². The normalized spacial score (nSPS) is 11.3. The van der Waals surface area contributed by atoms with Crippen molar-refractivity contribution in [1.29, 1.82) is 0 Å². The van der Waals surface area contributed by atoms with E-state index in [2.05, 4.69) is 64.2 Å². The van der Waals surface area contributed by atoms with Crippen molar-refractivity contribution < 1.29 is 4.74 Å². The summed E-state index contributed by atoms with van der Waals surface area (Å²) in [6.07, 6.45) is 0. The summed E-state index contributed by atoms with van der Waals surface area (Å²) >= 11 is 1.77. The second kappa shape index (κ2) is 9.92. The van der Waals surface area contributed by atoms with E-state index in [1.54, 1.807) is 25.9 Å². The van der Waals surface area contributed by atoms with E-state index in [1.165, 1.54) is 15.4 Å². The van der Waals surface area contributed by atoms with E-state index in [0.29, 0.717) is 6.61 Å². The third-order valence-electron chi connectivity index (χ3n) is 3.18. The van der Waals surface area contributed by atoms with Crippen LogP contribution in [-0.4, -0.2) is 33.3 Å². The summed E-state index contributed by atoms with van der Waals surface area (Å²) in [4.78, 5) is 6.67. The van der Waals surface area contributed by atoms with Crippen LogP contribution >= 0.6 is 11.8 Å². The monoisotopic (exact) mass is 329 g/mol. The fourth-order valence-electron chi connectivity index (χ4n) is 1.98. The Morgan fingerprint density at radius 3 is 2.35 bits per heavy atom. The number of hydrogen-bond acceptors (Lipinski definition) is 3. The first-order chi connectivity index (χ1) is 11.3. The van der Waals surface area contributed by atoms with Gasteiger partial charge in [0.15, 0.2) is 5.96 Å². The number of nitrogens with zero attached hydrogens (tertiary/aromatic N) is 1. The van der Waals surface area contributed by atoms with E-state index < -0.39 is 0 Å². The molecule has 0 aliphatic heterocycles. The van der Waals surface area contributed by atoms with Crippen LogP contribution in [0.1, 0.15) is 5.56 Å². The van der Waals surface area contributed by atoms with E-state index >= 15 is 0 Å². The number of rotatable bonds is 7. The predicted octanol–water partition coefficient (Wildman–Crippen LogP) is 3.15. The summed E-state index contributed by atoms with van der Waals surface area (Å²) in [5, 5.41) is 6.48. The first kappa shape index (κ1) is 17.4. The van der Waals surface area contributed by atoms with Crippen molar-refractivity contribution in [2.24, 2.45) is 4.99 Å². The van der Waals surface area contributed by atoms with Gasteiger partial charge in [-0.1, -0.05) is 42.1 Å². The molecule has 0 saturated heterocycles. The maximum atomic E-state index is 5.01. The summed E-state index contributed by atoms with van der Waals surface area (Å²) in [6, 6.07) is 19.0. The number of methoxy groups -OCH3 is 1. The van der Waals surface area contributed by atoms with Crippen molar-refractivity contribution in [3.05, 3.63) is 60.2 Å². The third-order valence-corrected chi connectivity index (χ3v) is 4.20. The molecular weight excluding hydrogens is 306 g/mol. The largest absolute Gasteiger partial charge is 0.383 e. The number of aliphatic imine (C=N–C) groups is 1. The van der Waals surface area contributed by atoms with E-state index in [1.807, 2.05) is 6.07 Å². The minimum absolute atomic E-state index is 0.659. The molecule has 0 fully saturated rings. The Kier molecular flexibility index (Phi) is 7.49. The first-order valence-electron chi connectivity index (χ1n) is 7.57. The highest BCUT2D eigenvalue weighted by molar-refractivity contribution is 7.99. The van der Waals surface area contributed by atoms with Crippen LogP contribution in [0.25, 0.3) is 0 Å². The minimum atomic E-state index is 0.659. The second-order valence-electron chi connectivity index (χ2n) is 4.90. The van der Waals surface area contributed by atoms with Gasteiger partial charge in [-0.05, 0) is 29.8 Å². The topological polar surface area (TPSA) is 45.7 Å². The van der Waals surface area contributed by atoms with Gasteiger partial charge in [-0.15, -0.1) is 0 Å². The Bertz CT molecular complexity index is 599. The molecule has 0 aromatic heterocycles. The molecule has 2 aromatic rings. The SMILES string of the molecule is CN=C(NCCOC)NCc1ccc(Sc2ccccc2)cc1. The van der Waals surface area contributed by atoms with E-state index in [-0.39, 0.29) is 0 Å². The molecule has 0 aliphatic rings. The number of ether oxygens (including phenoxy) is 1. The van der Waals surface area contributed by atoms with Gasteiger partial charge >= 0.3 is 0 Å². The van der Waals surface area contributed by atoms with Gasteiger partial charge in [0.2, 0.25) is 0 Å². The van der Waals surface area contributed by atoms with Gasteiger partial charge in [0, 0.05) is 37.0 Å². The molecule has 0 atom stereocenters. The fraction of sp³-hybridized carbons (Fsp3) is 0.278. The van der Waals surface area contributed by atoms with E-state index in [0.717, 1.165) is 19.0 Å². The zero-order valence-electron chi connectivity index (χ0n) is 13.6. The number of hydrogen-bond donors (Lipinski definition) is 2. The Hall–Kier alpha value is -1.98. The molecule has 0 unspecified atom stereocenters. The molecule has 2 N–H and O–H groups in total. The van der Waals surface area contributed by atoms with Crippen molar-refractivity contribution in [3.8, 4) is 0 Å². The lowest BCUT2D eigenvalue weighted by Crippen LogP contribution is -2.38. The van der Waals surface area contributed by atoms with Gasteiger partial charge in [-0.3, -0.25) is 4.99 Å². The molecule has 23 heavy (non-hydrogen) atoms. The third kappa shape index (κ3) is 6.34. The van der Waals surface area contributed by atoms with Gasteiger partial charge in [0.25, 0.3) is 0 Å². The molecular formula is C18H23N3OS. The average Bonchev–Trinajstić information content (AvgIpc) is 2.60. The summed E-state index contributed by atoms with van der Waals surface area (Å²) in [5.41, 5.74) is 1.22. The van der Waals surface area contributed by atoms with Crippen molar-refractivity contribution in [3.63, 3.8) is 0 Å². The molecule has 0 saturated carbocycles. The zero-order valence-corrected chi connectivity index (χ0v) is 14.4. The summed E-state index contributed by atoms with van der Waals surface area (Å²) in [5.74, 6) is 0.782. The van der Waals surface area contributed by atoms with Crippen molar-refractivity contribution in [2.75, 3.05) is 27.3 Å². The van der Waals surface area contributed by atoms with Crippen LogP contribution in [-0.2, 0) is 11.3 Å². The molecule has 0 amide bonds. The van der Waals surface area contributed by atoms with Crippen LogP contribution in [0.5, 0.6) is 0 Å². The van der Waals surface area contributed by atoms with Crippen molar-refractivity contribution >= 4 is 17.7 Å². The smallest absolute Gasteiger partial charge is 0.191 e. The lowest BCUT2D eigenvalue weighted by atomic mass is 10.2. The number of nitrogens with one attached hydrogen (secondary N) is 2. The van der Waals surface area contributed by atoms with Gasteiger partial charge in [0.1, 0.15) is 0 Å². The van der Waals surface area contributed by atoms with Gasteiger partial charge in [-0.2, -0.15) is 0 Å². The highest BCUT2D eigenvalue weighted by Crippen LogP contribution is 2.27. The highest BCUT2D eigenvalue weighted by Gasteiger charge is 2.00. The lowest BCUT2D eigenvalue weighted by molar-refractivity contribution is 0.203.